The van der Waals surface area contributed by atoms with Gasteiger partial charge in [-0.05, 0) is 65.6 Å². The van der Waals surface area contributed by atoms with E-state index in [0.29, 0.717) is 21.8 Å². The minimum Gasteiger partial charge on any atom is -0.322 e. The lowest BCUT2D eigenvalue weighted by molar-refractivity contribution is 0.102. The van der Waals surface area contributed by atoms with E-state index in [-0.39, 0.29) is 11.3 Å². The molecule has 5 nitrogen and oxygen atoms in total. The molecule has 0 aliphatic carbocycles. The van der Waals surface area contributed by atoms with Crippen LogP contribution in [0.5, 0.6) is 0 Å². The number of carbonyl (C=O) groups is 1. The largest absolute Gasteiger partial charge is 0.322 e. The van der Waals surface area contributed by atoms with Crippen molar-refractivity contribution in [3.8, 4) is 5.69 Å². The van der Waals surface area contributed by atoms with Crippen LogP contribution in [0.3, 0.4) is 0 Å². The van der Waals surface area contributed by atoms with E-state index in [2.05, 4.69) is 36.3 Å². The molecule has 0 spiro atoms. The van der Waals surface area contributed by atoms with Gasteiger partial charge in [-0.3, -0.25) is 4.79 Å². The number of nitrogens with zero attached hydrogens (tertiary/aromatic N) is 3. The summed E-state index contributed by atoms with van der Waals surface area (Å²) in [5.74, 6) is -0.157. The summed E-state index contributed by atoms with van der Waals surface area (Å²) in [6.07, 6.45) is 0. The third-order valence-electron chi connectivity index (χ3n) is 4.71. The van der Waals surface area contributed by atoms with Gasteiger partial charge in [0.2, 0.25) is 0 Å². The van der Waals surface area contributed by atoms with Gasteiger partial charge in [-0.2, -0.15) is 4.80 Å². The molecule has 0 fully saturated rings. The minimum absolute atomic E-state index is 0.0515. The van der Waals surface area contributed by atoms with Crippen molar-refractivity contribution >= 4 is 34.2 Å². The molecule has 0 bridgehead atoms. The molecule has 146 valence electrons. The van der Waals surface area contributed by atoms with Crippen LogP contribution in [-0.4, -0.2) is 20.9 Å². The summed E-state index contributed by atoms with van der Waals surface area (Å²) >= 11 is 5.94. The molecule has 0 aliphatic rings. The van der Waals surface area contributed by atoms with Crippen LogP contribution in [0.4, 0.5) is 5.69 Å². The van der Waals surface area contributed by atoms with Gasteiger partial charge in [-0.15, -0.1) is 10.2 Å². The van der Waals surface area contributed by atoms with Crippen LogP contribution in [0.1, 0.15) is 36.7 Å². The maximum atomic E-state index is 12.6. The Hall–Kier alpha value is -3.18. The van der Waals surface area contributed by atoms with Crippen LogP contribution in [0.2, 0.25) is 5.02 Å². The van der Waals surface area contributed by atoms with E-state index in [1.54, 1.807) is 16.9 Å². The summed E-state index contributed by atoms with van der Waals surface area (Å²) in [6.45, 7) is 6.44. The Bertz CT molecular complexity index is 1170. The average Bonchev–Trinajstić information content (AvgIpc) is 3.11. The summed E-state index contributed by atoms with van der Waals surface area (Å²) in [5, 5.41) is 12.6. The summed E-state index contributed by atoms with van der Waals surface area (Å²) < 4.78 is 0. The van der Waals surface area contributed by atoms with Crippen LogP contribution in [0, 0.1) is 0 Å². The average molecular weight is 405 g/mol. The van der Waals surface area contributed by atoms with E-state index in [1.807, 2.05) is 54.6 Å². The van der Waals surface area contributed by atoms with Crippen molar-refractivity contribution in [2.24, 2.45) is 0 Å². The van der Waals surface area contributed by atoms with Crippen molar-refractivity contribution < 1.29 is 4.79 Å². The van der Waals surface area contributed by atoms with Gasteiger partial charge in [0.25, 0.3) is 5.91 Å². The van der Waals surface area contributed by atoms with Gasteiger partial charge in [0.05, 0.1) is 5.69 Å². The smallest absolute Gasteiger partial charge is 0.255 e. The second-order valence-corrected chi connectivity index (χ2v) is 8.39. The van der Waals surface area contributed by atoms with Crippen LogP contribution in [0.15, 0.2) is 66.7 Å². The lowest BCUT2D eigenvalue weighted by atomic mass is 9.87. The van der Waals surface area contributed by atoms with Crippen LogP contribution >= 0.6 is 11.6 Å². The molecule has 1 aromatic heterocycles. The molecule has 0 saturated carbocycles. The molecule has 0 saturated heterocycles. The first-order valence-corrected chi connectivity index (χ1v) is 9.72. The van der Waals surface area contributed by atoms with Gasteiger partial charge < -0.3 is 5.32 Å². The third kappa shape index (κ3) is 4.15. The Morgan fingerprint density at radius 2 is 1.55 bits per heavy atom. The molecule has 0 atom stereocenters. The second kappa shape index (κ2) is 7.33. The quantitative estimate of drug-likeness (QED) is 0.481. The van der Waals surface area contributed by atoms with E-state index in [9.17, 15) is 4.79 Å². The Morgan fingerprint density at radius 1 is 0.897 bits per heavy atom. The van der Waals surface area contributed by atoms with Crippen LogP contribution in [-0.2, 0) is 5.41 Å². The highest BCUT2D eigenvalue weighted by atomic mass is 35.5. The highest BCUT2D eigenvalue weighted by molar-refractivity contribution is 6.30. The molecule has 0 radical (unpaired) electrons. The molecular weight excluding hydrogens is 384 g/mol. The van der Waals surface area contributed by atoms with Crippen molar-refractivity contribution in [3.63, 3.8) is 0 Å². The maximum absolute atomic E-state index is 12.6. The van der Waals surface area contributed by atoms with Gasteiger partial charge in [0.1, 0.15) is 11.0 Å². The molecular formula is C23H21ClN4O. The first kappa shape index (κ1) is 19.2. The number of carbonyl (C=O) groups excluding carboxylic acids is 1. The van der Waals surface area contributed by atoms with E-state index in [0.717, 1.165) is 11.2 Å². The summed E-state index contributed by atoms with van der Waals surface area (Å²) in [6, 6.07) is 20.5. The zero-order valence-corrected chi connectivity index (χ0v) is 17.2. The van der Waals surface area contributed by atoms with Gasteiger partial charge >= 0.3 is 0 Å². The molecule has 4 aromatic rings. The zero-order valence-electron chi connectivity index (χ0n) is 16.5. The summed E-state index contributed by atoms with van der Waals surface area (Å²) in [4.78, 5) is 14.2. The molecule has 1 heterocycles. The number of anilines is 1. The number of halogens is 1. The van der Waals surface area contributed by atoms with E-state index >= 15 is 0 Å². The SMILES string of the molecule is CC(C)(C)c1ccc(C(=O)Nc2ccc3nn(-c4ccc(Cl)cc4)nc3c2)cc1. The summed E-state index contributed by atoms with van der Waals surface area (Å²) in [7, 11) is 0. The monoisotopic (exact) mass is 404 g/mol. The standard InChI is InChI=1S/C23H21ClN4O/c1-23(2,3)16-6-4-15(5-7-16)22(29)25-18-10-13-20-21(14-18)27-28(26-20)19-11-8-17(24)9-12-19/h4-14H,1-3H3,(H,25,29). The number of hydrogen-bond acceptors (Lipinski definition) is 3. The molecule has 4 rings (SSSR count). The second-order valence-electron chi connectivity index (χ2n) is 7.95. The van der Waals surface area contributed by atoms with Crippen molar-refractivity contribution in [2.45, 2.75) is 26.2 Å². The predicted molar refractivity (Wildman–Crippen MR) is 117 cm³/mol. The lowest BCUT2D eigenvalue weighted by Gasteiger charge is -2.19. The van der Waals surface area contributed by atoms with Crippen molar-refractivity contribution in [1.29, 1.82) is 0 Å². The maximum Gasteiger partial charge on any atom is 0.255 e. The number of benzene rings is 3. The fourth-order valence-electron chi connectivity index (χ4n) is 3.01. The fourth-order valence-corrected chi connectivity index (χ4v) is 3.13. The molecule has 0 unspecified atom stereocenters. The van der Waals surface area contributed by atoms with Crippen molar-refractivity contribution in [1.82, 2.24) is 15.0 Å². The third-order valence-corrected chi connectivity index (χ3v) is 4.96. The Kier molecular flexibility index (Phi) is 4.84. The number of aromatic nitrogens is 3. The van der Waals surface area contributed by atoms with Crippen LogP contribution < -0.4 is 5.32 Å². The Balaban J connectivity index is 1.55. The fraction of sp³-hybridized carbons (Fsp3) is 0.174. The first-order chi connectivity index (χ1) is 13.8. The topological polar surface area (TPSA) is 59.8 Å². The van der Waals surface area contributed by atoms with E-state index < -0.39 is 0 Å². The number of amides is 1. The first-order valence-electron chi connectivity index (χ1n) is 9.34. The number of fused-ring (bicyclic) bond motifs is 1. The van der Waals surface area contributed by atoms with E-state index in [1.165, 1.54) is 5.56 Å². The van der Waals surface area contributed by atoms with Crippen molar-refractivity contribution in [2.75, 3.05) is 5.32 Å². The van der Waals surface area contributed by atoms with E-state index in [4.69, 9.17) is 11.6 Å². The van der Waals surface area contributed by atoms with Crippen molar-refractivity contribution in [3.05, 3.63) is 82.9 Å². The van der Waals surface area contributed by atoms with Gasteiger partial charge in [-0.1, -0.05) is 44.5 Å². The molecule has 1 N–H and O–H groups in total. The lowest BCUT2D eigenvalue weighted by Crippen LogP contribution is -2.14. The number of rotatable bonds is 3. The molecule has 1 amide bonds. The van der Waals surface area contributed by atoms with Gasteiger partial charge in [0, 0.05) is 16.3 Å². The predicted octanol–water partition coefficient (Wildman–Crippen LogP) is 5.62. The molecule has 3 aromatic carbocycles. The molecule has 0 aliphatic heterocycles. The summed E-state index contributed by atoms with van der Waals surface area (Å²) in [5.41, 5.74) is 4.78. The highest BCUT2D eigenvalue weighted by Gasteiger charge is 2.15. The Morgan fingerprint density at radius 3 is 2.21 bits per heavy atom. The van der Waals surface area contributed by atoms with Gasteiger partial charge in [-0.25, -0.2) is 0 Å². The normalized spacial score (nSPS) is 11.6. The number of hydrogen-bond donors (Lipinski definition) is 1. The minimum atomic E-state index is -0.157. The molecule has 6 heteroatoms. The zero-order chi connectivity index (χ0) is 20.6. The van der Waals surface area contributed by atoms with Gasteiger partial charge in [0.15, 0.2) is 0 Å². The highest BCUT2D eigenvalue weighted by Crippen LogP contribution is 2.23. The number of nitrogens with one attached hydrogen (secondary N) is 1. The van der Waals surface area contributed by atoms with Crippen LogP contribution in [0.25, 0.3) is 16.7 Å². The Labute approximate surface area is 174 Å². The molecule has 29 heavy (non-hydrogen) atoms.